The van der Waals surface area contributed by atoms with E-state index in [0.717, 1.165) is 10.0 Å². The second kappa shape index (κ2) is 5.49. The second-order valence-corrected chi connectivity index (χ2v) is 6.93. The lowest BCUT2D eigenvalue weighted by atomic mass is 9.87. The van der Waals surface area contributed by atoms with Crippen molar-refractivity contribution in [2.75, 3.05) is 11.9 Å². The summed E-state index contributed by atoms with van der Waals surface area (Å²) in [7, 11) is 0. The van der Waals surface area contributed by atoms with Crippen molar-refractivity contribution in [1.29, 1.82) is 0 Å². The summed E-state index contributed by atoms with van der Waals surface area (Å²) in [4.78, 5) is 17.0. The fourth-order valence-electron chi connectivity index (χ4n) is 2.59. The third-order valence-electron chi connectivity index (χ3n) is 3.82. The lowest BCUT2D eigenvalue weighted by Crippen LogP contribution is -2.30. The van der Waals surface area contributed by atoms with E-state index in [1.54, 1.807) is 6.92 Å². The van der Waals surface area contributed by atoms with E-state index in [2.05, 4.69) is 24.1 Å². The topological polar surface area (TPSA) is 51.2 Å². The Balaban J connectivity index is 2.10. The molecule has 1 aromatic heterocycles. The zero-order valence-electron chi connectivity index (χ0n) is 12.1. The third-order valence-corrected chi connectivity index (χ3v) is 4.72. The quantitative estimate of drug-likeness (QED) is 0.857. The van der Waals surface area contributed by atoms with Crippen LogP contribution in [0.1, 0.15) is 55.4 Å². The predicted molar refractivity (Wildman–Crippen MR) is 77.9 cm³/mol. The summed E-state index contributed by atoms with van der Waals surface area (Å²) in [6.07, 6.45) is 3.65. The molecule has 1 heterocycles. The molecule has 0 radical (unpaired) electrons. The standard InChI is InChI=1S/C14H22N2O2S/c1-5-18-12(17)11-9(2)19-13(16-11)15-10-7-6-8-14(10,3)4/h10H,5-8H2,1-4H3,(H,15,16). The smallest absolute Gasteiger partial charge is 0.358 e. The molecule has 5 heteroatoms. The molecule has 1 aromatic rings. The van der Waals surface area contributed by atoms with Crippen LogP contribution in [0, 0.1) is 12.3 Å². The van der Waals surface area contributed by atoms with Gasteiger partial charge in [0.05, 0.1) is 6.61 Å². The van der Waals surface area contributed by atoms with E-state index in [4.69, 9.17) is 4.74 Å². The molecule has 106 valence electrons. The van der Waals surface area contributed by atoms with Crippen LogP contribution < -0.4 is 5.32 Å². The summed E-state index contributed by atoms with van der Waals surface area (Å²) in [6.45, 7) is 8.66. The Morgan fingerprint density at radius 1 is 1.58 bits per heavy atom. The number of thiazole rings is 1. The minimum atomic E-state index is -0.324. The minimum absolute atomic E-state index is 0.295. The molecule has 0 amide bonds. The fourth-order valence-corrected chi connectivity index (χ4v) is 3.44. The van der Waals surface area contributed by atoms with E-state index in [0.29, 0.717) is 23.8 Å². The van der Waals surface area contributed by atoms with Crippen LogP contribution in [-0.4, -0.2) is 23.6 Å². The molecule has 1 saturated carbocycles. The van der Waals surface area contributed by atoms with Crippen LogP contribution in [0.2, 0.25) is 0 Å². The summed E-state index contributed by atoms with van der Waals surface area (Å²) >= 11 is 1.53. The number of ether oxygens (including phenoxy) is 1. The van der Waals surface area contributed by atoms with Gasteiger partial charge in [0.1, 0.15) is 0 Å². The first-order valence-electron chi connectivity index (χ1n) is 6.85. The van der Waals surface area contributed by atoms with Gasteiger partial charge in [-0.1, -0.05) is 20.3 Å². The highest BCUT2D eigenvalue weighted by molar-refractivity contribution is 7.15. The highest BCUT2D eigenvalue weighted by Gasteiger charge is 2.35. The van der Waals surface area contributed by atoms with Gasteiger partial charge < -0.3 is 10.1 Å². The Labute approximate surface area is 118 Å². The van der Waals surface area contributed by atoms with Crippen LogP contribution in [0.5, 0.6) is 0 Å². The van der Waals surface area contributed by atoms with Gasteiger partial charge in [0.15, 0.2) is 10.8 Å². The van der Waals surface area contributed by atoms with Crippen molar-refractivity contribution >= 4 is 22.4 Å². The van der Waals surface area contributed by atoms with Gasteiger partial charge in [0.25, 0.3) is 0 Å². The Morgan fingerprint density at radius 2 is 2.32 bits per heavy atom. The molecule has 0 aliphatic heterocycles. The van der Waals surface area contributed by atoms with Crippen molar-refractivity contribution in [2.45, 2.75) is 53.0 Å². The number of anilines is 1. The van der Waals surface area contributed by atoms with Gasteiger partial charge >= 0.3 is 5.97 Å². The van der Waals surface area contributed by atoms with Crippen molar-refractivity contribution in [3.05, 3.63) is 10.6 Å². The van der Waals surface area contributed by atoms with Crippen LogP contribution in [0.4, 0.5) is 5.13 Å². The number of nitrogens with zero attached hydrogens (tertiary/aromatic N) is 1. The number of aromatic nitrogens is 1. The molecule has 2 rings (SSSR count). The Hall–Kier alpha value is -1.10. The maximum absolute atomic E-state index is 11.7. The largest absolute Gasteiger partial charge is 0.461 e. The number of rotatable bonds is 4. The Kier molecular flexibility index (Phi) is 4.13. The average molecular weight is 282 g/mol. The average Bonchev–Trinajstić information content (AvgIpc) is 2.84. The van der Waals surface area contributed by atoms with Crippen molar-refractivity contribution in [3.8, 4) is 0 Å². The van der Waals surface area contributed by atoms with Crippen molar-refractivity contribution in [3.63, 3.8) is 0 Å². The SMILES string of the molecule is CCOC(=O)c1nc(NC2CCCC2(C)C)sc1C. The van der Waals surface area contributed by atoms with Gasteiger partial charge in [-0.2, -0.15) is 0 Å². The van der Waals surface area contributed by atoms with Gasteiger partial charge in [0.2, 0.25) is 0 Å². The monoisotopic (exact) mass is 282 g/mol. The number of carbonyl (C=O) groups is 1. The van der Waals surface area contributed by atoms with Crippen molar-refractivity contribution < 1.29 is 9.53 Å². The Bertz CT molecular complexity index is 468. The zero-order chi connectivity index (χ0) is 14.0. The van der Waals surface area contributed by atoms with E-state index in [1.807, 2.05) is 6.92 Å². The molecule has 0 aromatic carbocycles. The number of hydrogen-bond acceptors (Lipinski definition) is 5. The first-order valence-corrected chi connectivity index (χ1v) is 7.67. The van der Waals surface area contributed by atoms with E-state index in [1.165, 1.54) is 30.6 Å². The predicted octanol–water partition coefficient (Wildman–Crippen LogP) is 3.62. The molecule has 1 N–H and O–H groups in total. The minimum Gasteiger partial charge on any atom is -0.461 e. The van der Waals surface area contributed by atoms with E-state index in [-0.39, 0.29) is 5.97 Å². The summed E-state index contributed by atoms with van der Waals surface area (Å²) < 4.78 is 5.01. The van der Waals surface area contributed by atoms with Gasteiger partial charge in [0, 0.05) is 10.9 Å². The fraction of sp³-hybridized carbons (Fsp3) is 0.714. The maximum Gasteiger partial charge on any atom is 0.358 e. The lowest BCUT2D eigenvalue weighted by Gasteiger charge is -2.27. The van der Waals surface area contributed by atoms with E-state index >= 15 is 0 Å². The lowest BCUT2D eigenvalue weighted by molar-refractivity contribution is 0.0519. The number of esters is 1. The highest BCUT2D eigenvalue weighted by atomic mass is 32.1. The number of nitrogens with one attached hydrogen (secondary N) is 1. The van der Waals surface area contributed by atoms with Gasteiger partial charge in [-0.25, -0.2) is 9.78 Å². The molecule has 0 spiro atoms. The van der Waals surface area contributed by atoms with Crippen LogP contribution in [0.15, 0.2) is 0 Å². The first-order chi connectivity index (χ1) is 8.94. The second-order valence-electron chi connectivity index (χ2n) is 5.72. The molecule has 0 bridgehead atoms. The van der Waals surface area contributed by atoms with Crippen LogP contribution in [0.3, 0.4) is 0 Å². The summed E-state index contributed by atoms with van der Waals surface area (Å²) in [5.41, 5.74) is 0.745. The summed E-state index contributed by atoms with van der Waals surface area (Å²) in [5.74, 6) is -0.324. The molecule has 1 aliphatic rings. The number of carbonyl (C=O) groups excluding carboxylic acids is 1. The first kappa shape index (κ1) is 14.3. The molecule has 19 heavy (non-hydrogen) atoms. The Morgan fingerprint density at radius 3 is 2.89 bits per heavy atom. The van der Waals surface area contributed by atoms with Crippen molar-refractivity contribution in [2.24, 2.45) is 5.41 Å². The number of aryl methyl sites for hydroxylation is 1. The molecule has 1 unspecified atom stereocenters. The van der Waals surface area contributed by atoms with Crippen LogP contribution in [-0.2, 0) is 4.74 Å². The maximum atomic E-state index is 11.7. The summed E-state index contributed by atoms with van der Waals surface area (Å²) in [5, 5.41) is 4.32. The van der Waals surface area contributed by atoms with Crippen molar-refractivity contribution in [1.82, 2.24) is 4.98 Å². The van der Waals surface area contributed by atoms with E-state index in [9.17, 15) is 4.79 Å². The molecule has 0 saturated heterocycles. The normalized spacial score (nSPS) is 21.4. The number of hydrogen-bond donors (Lipinski definition) is 1. The van der Waals surface area contributed by atoms with Gasteiger partial charge in [-0.15, -0.1) is 11.3 Å². The molecular formula is C14H22N2O2S. The molecule has 4 nitrogen and oxygen atoms in total. The van der Waals surface area contributed by atoms with E-state index < -0.39 is 0 Å². The highest BCUT2D eigenvalue weighted by Crippen LogP contribution is 2.39. The molecule has 1 fully saturated rings. The molecule has 1 atom stereocenters. The van der Waals surface area contributed by atoms with Crippen LogP contribution >= 0.6 is 11.3 Å². The van der Waals surface area contributed by atoms with Crippen LogP contribution in [0.25, 0.3) is 0 Å². The zero-order valence-corrected chi connectivity index (χ0v) is 12.9. The van der Waals surface area contributed by atoms with Gasteiger partial charge in [-0.3, -0.25) is 0 Å². The summed E-state index contributed by atoms with van der Waals surface area (Å²) in [6, 6.07) is 0.438. The third kappa shape index (κ3) is 3.08. The molecule has 1 aliphatic carbocycles. The van der Waals surface area contributed by atoms with Gasteiger partial charge in [-0.05, 0) is 32.1 Å². The molecular weight excluding hydrogens is 260 g/mol.